The molecule has 5 heteroatoms. The molecule has 0 bridgehead atoms. The molecule has 0 spiro atoms. The van der Waals surface area contributed by atoms with Crippen LogP contribution in [0.5, 0.6) is 0 Å². The number of carbonyl (C=O) groups excluding carboxylic acids is 1. The van der Waals surface area contributed by atoms with E-state index in [0.717, 1.165) is 11.1 Å². The van der Waals surface area contributed by atoms with Crippen LogP contribution < -0.4 is 5.32 Å². The van der Waals surface area contributed by atoms with Gasteiger partial charge >= 0.3 is 0 Å². The first kappa shape index (κ1) is 14.0. The number of rotatable bonds is 4. The summed E-state index contributed by atoms with van der Waals surface area (Å²) in [6, 6.07) is 14.9. The minimum Gasteiger partial charge on any atom is -0.351 e. The van der Waals surface area contributed by atoms with Crippen molar-refractivity contribution < 1.29 is 9.32 Å². The monoisotopic (exact) mass is 293 g/mol. The van der Waals surface area contributed by atoms with Gasteiger partial charge in [0.2, 0.25) is 5.76 Å². The third-order valence-electron chi connectivity index (χ3n) is 3.30. The molecule has 3 aromatic rings. The number of benzene rings is 1. The second-order valence-electron chi connectivity index (χ2n) is 4.93. The normalized spacial score (nSPS) is 11.9. The lowest BCUT2D eigenvalue weighted by atomic mass is 9.99. The Morgan fingerprint density at radius 3 is 2.41 bits per heavy atom. The van der Waals surface area contributed by atoms with E-state index in [-0.39, 0.29) is 17.7 Å². The lowest BCUT2D eigenvalue weighted by Crippen LogP contribution is -2.29. The van der Waals surface area contributed by atoms with Gasteiger partial charge < -0.3 is 9.84 Å². The van der Waals surface area contributed by atoms with Crippen LogP contribution in [0.2, 0.25) is 0 Å². The summed E-state index contributed by atoms with van der Waals surface area (Å²) in [6.45, 7) is 1.78. The van der Waals surface area contributed by atoms with Crippen molar-refractivity contribution in [3.63, 3.8) is 0 Å². The topological polar surface area (TPSA) is 68.0 Å². The maximum absolute atomic E-state index is 12.4. The fraction of sp³-hybridized carbons (Fsp3) is 0.118. The number of aryl methyl sites for hydroxylation is 1. The molecular formula is C17H15N3O2. The van der Waals surface area contributed by atoms with Gasteiger partial charge in [-0.05, 0) is 30.2 Å². The predicted molar refractivity (Wildman–Crippen MR) is 81.2 cm³/mol. The molecule has 1 unspecified atom stereocenters. The molecule has 0 aliphatic rings. The van der Waals surface area contributed by atoms with Crippen LogP contribution in [-0.4, -0.2) is 16.0 Å². The van der Waals surface area contributed by atoms with Crippen molar-refractivity contribution in [2.75, 3.05) is 0 Å². The van der Waals surface area contributed by atoms with Crippen LogP contribution in [0.1, 0.15) is 33.4 Å². The van der Waals surface area contributed by atoms with Gasteiger partial charge in [0.05, 0.1) is 11.7 Å². The van der Waals surface area contributed by atoms with Gasteiger partial charge in [0.15, 0.2) is 0 Å². The molecule has 1 amide bonds. The van der Waals surface area contributed by atoms with E-state index in [1.165, 1.54) is 0 Å². The first-order valence-corrected chi connectivity index (χ1v) is 6.93. The number of nitrogens with zero attached hydrogens (tertiary/aromatic N) is 2. The SMILES string of the molecule is Cc1cc(C(=O)NC(c2ccccc2)c2ccncc2)on1. The predicted octanol–water partition coefficient (Wildman–Crippen LogP) is 2.90. The molecule has 0 saturated carbocycles. The Labute approximate surface area is 128 Å². The second-order valence-corrected chi connectivity index (χ2v) is 4.93. The van der Waals surface area contributed by atoms with E-state index in [0.29, 0.717) is 5.69 Å². The largest absolute Gasteiger partial charge is 0.351 e. The van der Waals surface area contributed by atoms with Crippen LogP contribution in [0.4, 0.5) is 0 Å². The van der Waals surface area contributed by atoms with E-state index in [4.69, 9.17) is 4.52 Å². The highest BCUT2D eigenvalue weighted by molar-refractivity contribution is 5.92. The number of pyridine rings is 1. The highest BCUT2D eigenvalue weighted by Gasteiger charge is 2.20. The molecule has 0 fully saturated rings. The zero-order valence-electron chi connectivity index (χ0n) is 12.1. The first-order chi connectivity index (χ1) is 10.7. The lowest BCUT2D eigenvalue weighted by Gasteiger charge is -2.18. The molecule has 0 saturated heterocycles. The van der Waals surface area contributed by atoms with Crippen LogP contribution >= 0.6 is 0 Å². The number of carbonyl (C=O) groups is 1. The zero-order chi connectivity index (χ0) is 15.4. The average molecular weight is 293 g/mol. The van der Waals surface area contributed by atoms with Crippen LogP contribution in [0.3, 0.4) is 0 Å². The molecule has 2 aromatic heterocycles. The van der Waals surface area contributed by atoms with Crippen molar-refractivity contribution in [2.45, 2.75) is 13.0 Å². The number of hydrogen-bond donors (Lipinski definition) is 1. The highest BCUT2D eigenvalue weighted by atomic mass is 16.5. The lowest BCUT2D eigenvalue weighted by molar-refractivity contribution is 0.0905. The van der Waals surface area contributed by atoms with Gasteiger partial charge in [0, 0.05) is 18.5 Å². The standard InChI is InChI=1S/C17H15N3O2/c1-12-11-15(22-20-12)17(21)19-16(13-5-3-2-4-6-13)14-7-9-18-10-8-14/h2-11,16H,1H3,(H,19,21). The Balaban J connectivity index is 1.91. The third kappa shape index (κ3) is 3.03. The Hall–Kier alpha value is -2.95. The summed E-state index contributed by atoms with van der Waals surface area (Å²) in [5.41, 5.74) is 2.61. The van der Waals surface area contributed by atoms with Crippen LogP contribution in [0.15, 0.2) is 65.4 Å². The molecule has 1 N–H and O–H groups in total. The fourth-order valence-corrected chi connectivity index (χ4v) is 2.23. The smallest absolute Gasteiger partial charge is 0.290 e. The first-order valence-electron chi connectivity index (χ1n) is 6.93. The molecule has 22 heavy (non-hydrogen) atoms. The maximum Gasteiger partial charge on any atom is 0.290 e. The van der Waals surface area contributed by atoms with E-state index < -0.39 is 0 Å². The third-order valence-corrected chi connectivity index (χ3v) is 3.30. The summed E-state index contributed by atoms with van der Waals surface area (Å²) in [4.78, 5) is 16.4. The number of nitrogens with one attached hydrogen (secondary N) is 1. The molecule has 1 atom stereocenters. The van der Waals surface area contributed by atoms with Crippen LogP contribution in [0.25, 0.3) is 0 Å². The Kier molecular flexibility index (Phi) is 3.96. The molecule has 0 aliphatic heterocycles. The molecule has 5 nitrogen and oxygen atoms in total. The van der Waals surface area contributed by atoms with E-state index in [2.05, 4.69) is 15.5 Å². The Bertz CT molecular complexity index is 714. The van der Waals surface area contributed by atoms with Crippen molar-refractivity contribution in [3.8, 4) is 0 Å². The molecular weight excluding hydrogens is 278 g/mol. The van der Waals surface area contributed by atoms with E-state index in [1.807, 2.05) is 42.5 Å². The second kappa shape index (κ2) is 6.22. The Morgan fingerprint density at radius 1 is 1.09 bits per heavy atom. The molecule has 2 heterocycles. The minimum atomic E-state index is -0.300. The molecule has 0 radical (unpaired) electrons. The highest BCUT2D eigenvalue weighted by Crippen LogP contribution is 2.22. The van der Waals surface area contributed by atoms with E-state index >= 15 is 0 Å². The number of hydrogen-bond acceptors (Lipinski definition) is 4. The summed E-state index contributed by atoms with van der Waals surface area (Å²) < 4.78 is 5.02. The average Bonchev–Trinajstić information content (AvgIpc) is 3.01. The van der Waals surface area contributed by atoms with Gasteiger partial charge in [-0.1, -0.05) is 35.5 Å². The van der Waals surface area contributed by atoms with Crippen molar-refractivity contribution in [1.82, 2.24) is 15.5 Å². The van der Waals surface area contributed by atoms with Gasteiger partial charge in [0.25, 0.3) is 5.91 Å². The van der Waals surface area contributed by atoms with Crippen molar-refractivity contribution >= 4 is 5.91 Å². The maximum atomic E-state index is 12.4. The van der Waals surface area contributed by atoms with Gasteiger partial charge in [-0.25, -0.2) is 0 Å². The quantitative estimate of drug-likeness (QED) is 0.803. The number of aromatic nitrogens is 2. The van der Waals surface area contributed by atoms with E-state index in [1.54, 1.807) is 25.4 Å². The molecule has 0 aliphatic carbocycles. The zero-order valence-corrected chi connectivity index (χ0v) is 12.1. The molecule has 1 aromatic carbocycles. The van der Waals surface area contributed by atoms with Gasteiger partial charge in [-0.3, -0.25) is 9.78 Å². The number of amides is 1. The minimum absolute atomic E-state index is 0.201. The Morgan fingerprint density at radius 2 is 1.77 bits per heavy atom. The van der Waals surface area contributed by atoms with Crippen LogP contribution in [0, 0.1) is 6.92 Å². The van der Waals surface area contributed by atoms with Crippen LogP contribution in [-0.2, 0) is 0 Å². The summed E-state index contributed by atoms with van der Waals surface area (Å²) >= 11 is 0. The van der Waals surface area contributed by atoms with Gasteiger partial charge in [-0.2, -0.15) is 0 Å². The van der Waals surface area contributed by atoms with Crippen molar-refractivity contribution in [2.24, 2.45) is 0 Å². The summed E-state index contributed by atoms with van der Waals surface area (Å²) in [5.74, 6) is -0.0984. The van der Waals surface area contributed by atoms with Crippen molar-refractivity contribution in [3.05, 3.63) is 83.5 Å². The van der Waals surface area contributed by atoms with Gasteiger partial charge in [-0.15, -0.1) is 0 Å². The summed E-state index contributed by atoms with van der Waals surface area (Å²) in [7, 11) is 0. The molecule has 110 valence electrons. The van der Waals surface area contributed by atoms with E-state index in [9.17, 15) is 4.79 Å². The fourth-order valence-electron chi connectivity index (χ4n) is 2.23. The summed E-state index contributed by atoms with van der Waals surface area (Å²) in [5, 5.41) is 6.72. The molecule has 3 rings (SSSR count). The summed E-state index contributed by atoms with van der Waals surface area (Å²) in [6.07, 6.45) is 3.41. The van der Waals surface area contributed by atoms with Gasteiger partial charge in [0.1, 0.15) is 0 Å². The van der Waals surface area contributed by atoms with Crippen molar-refractivity contribution in [1.29, 1.82) is 0 Å².